The second-order valence-electron chi connectivity index (χ2n) is 10.2. The number of fused-ring (bicyclic) bond motifs is 1. The van der Waals surface area contributed by atoms with Crippen LogP contribution in [0.3, 0.4) is 0 Å². The van der Waals surface area contributed by atoms with Gasteiger partial charge in [-0.2, -0.15) is 4.98 Å². The second-order valence-corrected chi connectivity index (χ2v) is 14.5. The van der Waals surface area contributed by atoms with Crippen molar-refractivity contribution in [2.75, 3.05) is 18.9 Å². The van der Waals surface area contributed by atoms with E-state index in [0.717, 1.165) is 12.8 Å². The summed E-state index contributed by atoms with van der Waals surface area (Å²) in [6, 6.07) is 21.2. The molecule has 0 spiro atoms. The van der Waals surface area contributed by atoms with Crippen LogP contribution in [0.5, 0.6) is 0 Å². The fourth-order valence-corrected chi connectivity index (χ4v) is 9.59. The van der Waals surface area contributed by atoms with Crippen LogP contribution in [0.25, 0.3) is 11.2 Å². The number of benzene rings is 2. The van der Waals surface area contributed by atoms with Crippen LogP contribution in [0.4, 0.5) is 5.95 Å². The lowest BCUT2D eigenvalue weighted by Crippen LogP contribution is -2.66. The molecule has 2 aromatic heterocycles. The molecular weight excluding hydrogens is 470 g/mol. The van der Waals surface area contributed by atoms with Gasteiger partial charge in [0.05, 0.1) is 6.33 Å². The van der Waals surface area contributed by atoms with Gasteiger partial charge < -0.3 is 19.8 Å². The summed E-state index contributed by atoms with van der Waals surface area (Å²) in [6.07, 6.45) is 3.12. The molecule has 36 heavy (non-hydrogen) atoms. The number of nitrogens with two attached hydrogens (primary N) is 1. The van der Waals surface area contributed by atoms with Gasteiger partial charge in [-0.25, -0.2) is 4.98 Å². The van der Waals surface area contributed by atoms with E-state index in [0.29, 0.717) is 18.8 Å². The smallest absolute Gasteiger partial charge is 0.280 e. The number of anilines is 1. The van der Waals surface area contributed by atoms with E-state index in [-0.39, 0.29) is 34.6 Å². The van der Waals surface area contributed by atoms with Gasteiger partial charge in [0.25, 0.3) is 13.9 Å². The van der Waals surface area contributed by atoms with E-state index in [4.69, 9.17) is 10.2 Å². The van der Waals surface area contributed by atoms with Crippen LogP contribution in [0.2, 0.25) is 5.04 Å². The molecular formula is C27H35N5O3Si. The Balaban J connectivity index is 1.51. The van der Waals surface area contributed by atoms with Gasteiger partial charge in [-0.1, -0.05) is 81.4 Å². The fraction of sp³-hybridized carbons (Fsp3) is 0.370. The van der Waals surface area contributed by atoms with Gasteiger partial charge in [-0.05, 0) is 28.3 Å². The van der Waals surface area contributed by atoms with Crippen LogP contribution in [0.15, 0.2) is 71.8 Å². The van der Waals surface area contributed by atoms with Crippen molar-refractivity contribution in [3.8, 4) is 0 Å². The molecule has 4 rings (SSSR count). The third-order valence-corrected chi connectivity index (χ3v) is 11.7. The van der Waals surface area contributed by atoms with Crippen molar-refractivity contribution in [3.63, 3.8) is 0 Å². The van der Waals surface area contributed by atoms with Crippen LogP contribution in [0.1, 0.15) is 33.6 Å². The standard InChI is InChI=1S/C27H35N5O3Si/c1-27(2,3)36(21-12-6-4-7-13-21,22-14-8-5-9-15-22)35-16-10-11-20(18-33)17-32-19-29-23-24(32)30-26(28)31-25(23)34/h4-9,12-15,19-20,33H,10-11,16-18H2,1-3H3,(H3,28,30,31,34)/t20-/m1/s1. The number of aromatic nitrogens is 4. The molecule has 4 aromatic rings. The molecule has 190 valence electrons. The molecule has 9 heteroatoms. The van der Waals surface area contributed by atoms with E-state index in [9.17, 15) is 9.90 Å². The second kappa shape index (κ2) is 10.8. The van der Waals surface area contributed by atoms with Crippen molar-refractivity contribution in [1.82, 2.24) is 19.5 Å². The van der Waals surface area contributed by atoms with E-state index < -0.39 is 8.32 Å². The number of hydrogen-bond acceptors (Lipinski definition) is 6. The molecule has 0 radical (unpaired) electrons. The third-order valence-electron chi connectivity index (χ3n) is 6.70. The molecule has 0 bridgehead atoms. The van der Waals surface area contributed by atoms with Crippen molar-refractivity contribution >= 4 is 35.8 Å². The number of nitrogen functional groups attached to an aromatic ring is 1. The Bertz CT molecular complexity index is 1290. The SMILES string of the molecule is CC(C)(C)[Si](OCCC[C@@H](CO)Cn1cnc2c(=O)[nH]c(N)nc21)(c1ccccc1)c1ccccc1. The first-order chi connectivity index (χ1) is 17.3. The maximum atomic E-state index is 12.1. The van der Waals surface area contributed by atoms with Gasteiger partial charge in [0.2, 0.25) is 5.95 Å². The van der Waals surface area contributed by atoms with Gasteiger partial charge >= 0.3 is 0 Å². The quantitative estimate of drug-likeness (QED) is 0.225. The van der Waals surface area contributed by atoms with Crippen molar-refractivity contribution < 1.29 is 9.53 Å². The summed E-state index contributed by atoms with van der Waals surface area (Å²) < 4.78 is 8.74. The average molecular weight is 506 g/mol. The summed E-state index contributed by atoms with van der Waals surface area (Å²) in [5.74, 6) is 0.0148. The highest BCUT2D eigenvalue weighted by Gasteiger charge is 2.49. The Morgan fingerprint density at radius 2 is 1.69 bits per heavy atom. The first-order valence-electron chi connectivity index (χ1n) is 12.3. The highest BCUT2D eigenvalue weighted by atomic mass is 28.4. The third kappa shape index (κ3) is 5.13. The molecule has 2 aromatic carbocycles. The van der Waals surface area contributed by atoms with Crippen LogP contribution < -0.4 is 21.7 Å². The summed E-state index contributed by atoms with van der Waals surface area (Å²) in [6.45, 7) is 7.87. The molecule has 8 nitrogen and oxygen atoms in total. The molecule has 0 aliphatic heterocycles. The first-order valence-corrected chi connectivity index (χ1v) is 14.2. The molecule has 4 N–H and O–H groups in total. The lowest BCUT2D eigenvalue weighted by atomic mass is 10.0. The Morgan fingerprint density at radius 1 is 1.08 bits per heavy atom. The molecule has 0 saturated heterocycles. The largest absolute Gasteiger partial charge is 0.407 e. The zero-order chi connectivity index (χ0) is 25.8. The van der Waals surface area contributed by atoms with Gasteiger partial charge in [0.15, 0.2) is 11.2 Å². The fourth-order valence-electron chi connectivity index (χ4n) is 4.98. The number of hydrogen-bond donors (Lipinski definition) is 3. The topological polar surface area (TPSA) is 119 Å². The molecule has 0 unspecified atom stereocenters. The first kappa shape index (κ1) is 25.8. The summed E-state index contributed by atoms with van der Waals surface area (Å²) in [4.78, 5) is 22.9. The highest BCUT2D eigenvalue weighted by molar-refractivity contribution is 6.99. The van der Waals surface area contributed by atoms with Crippen molar-refractivity contribution in [2.45, 2.75) is 45.2 Å². The molecule has 0 aliphatic carbocycles. The molecule has 1 atom stereocenters. The molecule has 0 amide bonds. The van der Waals surface area contributed by atoms with Gasteiger partial charge in [0.1, 0.15) is 0 Å². The van der Waals surface area contributed by atoms with Crippen molar-refractivity contribution in [3.05, 3.63) is 77.3 Å². The van der Waals surface area contributed by atoms with Crippen LogP contribution in [-0.2, 0) is 11.0 Å². The van der Waals surface area contributed by atoms with E-state index in [1.165, 1.54) is 10.4 Å². The maximum absolute atomic E-state index is 12.1. The number of aliphatic hydroxyl groups is 1. The highest BCUT2D eigenvalue weighted by Crippen LogP contribution is 2.36. The number of imidazole rings is 1. The minimum atomic E-state index is -2.58. The average Bonchev–Trinajstić information content (AvgIpc) is 3.26. The summed E-state index contributed by atoms with van der Waals surface area (Å²) >= 11 is 0. The predicted octanol–water partition coefficient (Wildman–Crippen LogP) is 2.67. The maximum Gasteiger partial charge on any atom is 0.280 e. The number of aromatic amines is 1. The van der Waals surface area contributed by atoms with Crippen LogP contribution in [0, 0.1) is 5.92 Å². The van der Waals surface area contributed by atoms with Crippen LogP contribution in [-0.4, -0.2) is 46.2 Å². The Hall–Kier alpha value is -3.27. The van der Waals surface area contributed by atoms with E-state index in [2.05, 4.69) is 84.3 Å². The number of aliphatic hydroxyl groups excluding tert-OH is 1. The number of nitrogens with one attached hydrogen (secondary N) is 1. The van der Waals surface area contributed by atoms with Crippen LogP contribution >= 0.6 is 0 Å². The Labute approximate surface area is 212 Å². The monoisotopic (exact) mass is 505 g/mol. The molecule has 0 aliphatic rings. The van der Waals surface area contributed by atoms with Gasteiger partial charge in [-0.3, -0.25) is 9.78 Å². The van der Waals surface area contributed by atoms with Crippen molar-refractivity contribution in [1.29, 1.82) is 0 Å². The zero-order valence-electron chi connectivity index (χ0n) is 21.1. The lowest BCUT2D eigenvalue weighted by molar-refractivity contribution is 0.190. The summed E-state index contributed by atoms with van der Waals surface area (Å²) in [5.41, 5.74) is 6.03. The summed E-state index contributed by atoms with van der Waals surface area (Å²) in [5, 5.41) is 12.5. The summed E-state index contributed by atoms with van der Waals surface area (Å²) in [7, 11) is -2.58. The molecule has 2 heterocycles. The molecule has 0 fully saturated rings. The zero-order valence-corrected chi connectivity index (χ0v) is 22.1. The Kier molecular flexibility index (Phi) is 7.72. The Morgan fingerprint density at radius 3 is 2.25 bits per heavy atom. The number of H-pyrrole nitrogens is 1. The lowest BCUT2D eigenvalue weighted by Gasteiger charge is -2.43. The van der Waals surface area contributed by atoms with E-state index >= 15 is 0 Å². The number of nitrogens with zero attached hydrogens (tertiary/aromatic N) is 3. The minimum Gasteiger partial charge on any atom is -0.407 e. The minimum absolute atomic E-state index is 0.0115. The normalized spacial score (nSPS) is 13.2. The van der Waals surface area contributed by atoms with Crippen molar-refractivity contribution in [2.24, 2.45) is 5.92 Å². The van der Waals surface area contributed by atoms with Gasteiger partial charge in [-0.15, -0.1) is 0 Å². The van der Waals surface area contributed by atoms with E-state index in [1.807, 2.05) is 12.1 Å². The molecule has 0 saturated carbocycles. The van der Waals surface area contributed by atoms with E-state index in [1.54, 1.807) is 10.9 Å². The number of rotatable bonds is 10. The van der Waals surface area contributed by atoms with Gasteiger partial charge in [0, 0.05) is 25.7 Å². The predicted molar refractivity (Wildman–Crippen MR) is 146 cm³/mol.